The van der Waals surface area contributed by atoms with Gasteiger partial charge < -0.3 is 19.5 Å². The van der Waals surface area contributed by atoms with Gasteiger partial charge in [0.15, 0.2) is 11.5 Å². The summed E-state index contributed by atoms with van der Waals surface area (Å²) in [5.41, 5.74) is 2.70. The molecule has 0 amide bonds. The Hall–Kier alpha value is -3.35. The predicted octanol–water partition coefficient (Wildman–Crippen LogP) is 3.18. The van der Waals surface area contributed by atoms with E-state index in [-0.39, 0.29) is 0 Å². The van der Waals surface area contributed by atoms with E-state index < -0.39 is 0 Å². The Bertz CT molecular complexity index is 847. The van der Waals surface area contributed by atoms with Crippen LogP contribution in [0.4, 0.5) is 5.95 Å². The van der Waals surface area contributed by atoms with Crippen molar-refractivity contribution in [2.75, 3.05) is 26.6 Å². The lowest BCUT2D eigenvalue weighted by atomic mass is 10.2. The van der Waals surface area contributed by atoms with E-state index in [9.17, 15) is 0 Å². The maximum absolute atomic E-state index is 5.38. The predicted molar refractivity (Wildman–Crippen MR) is 98.7 cm³/mol. The number of nitrogens with one attached hydrogen (secondary N) is 1. The molecule has 3 rings (SSSR count). The number of hydrogen-bond acceptors (Lipinski definition) is 7. The number of hydrogen-bond donors (Lipinski definition) is 1. The fourth-order valence-corrected chi connectivity index (χ4v) is 2.54. The third-order valence-corrected chi connectivity index (χ3v) is 3.79. The molecule has 3 aromatic rings. The highest BCUT2D eigenvalue weighted by Crippen LogP contribution is 2.38. The zero-order chi connectivity index (χ0) is 18.4. The smallest absolute Gasteiger partial charge is 0.223 e. The van der Waals surface area contributed by atoms with Crippen molar-refractivity contribution in [3.05, 3.63) is 54.5 Å². The lowest BCUT2D eigenvalue weighted by molar-refractivity contribution is 0.324. The van der Waals surface area contributed by atoms with E-state index in [0.29, 0.717) is 29.7 Å². The van der Waals surface area contributed by atoms with Crippen LogP contribution in [0.25, 0.3) is 11.3 Å². The minimum atomic E-state index is 0.507. The van der Waals surface area contributed by atoms with Gasteiger partial charge in [0, 0.05) is 30.7 Å². The molecule has 0 spiro atoms. The molecule has 7 nitrogen and oxygen atoms in total. The Morgan fingerprint density at radius 2 is 1.73 bits per heavy atom. The summed E-state index contributed by atoms with van der Waals surface area (Å²) in [5.74, 6) is 2.30. The lowest BCUT2D eigenvalue weighted by Gasteiger charge is -2.14. The number of rotatable bonds is 7. The number of benzene rings is 1. The van der Waals surface area contributed by atoms with Crippen LogP contribution >= 0.6 is 0 Å². The Morgan fingerprint density at radius 1 is 0.962 bits per heavy atom. The molecule has 0 unspecified atom stereocenters. The van der Waals surface area contributed by atoms with Gasteiger partial charge in [-0.2, -0.15) is 0 Å². The number of pyridine rings is 1. The first-order chi connectivity index (χ1) is 12.7. The summed E-state index contributed by atoms with van der Waals surface area (Å²) in [6, 6.07) is 9.46. The van der Waals surface area contributed by atoms with Crippen LogP contribution in [0.1, 0.15) is 5.56 Å². The summed E-state index contributed by atoms with van der Waals surface area (Å²) < 4.78 is 16.1. The molecule has 2 heterocycles. The topological polar surface area (TPSA) is 78.4 Å². The number of anilines is 1. The van der Waals surface area contributed by atoms with Crippen molar-refractivity contribution < 1.29 is 14.2 Å². The van der Waals surface area contributed by atoms with Crippen molar-refractivity contribution in [2.45, 2.75) is 6.54 Å². The number of aromatic nitrogens is 3. The molecule has 0 radical (unpaired) electrons. The largest absolute Gasteiger partial charge is 0.493 e. The van der Waals surface area contributed by atoms with E-state index in [4.69, 9.17) is 14.2 Å². The first-order valence-corrected chi connectivity index (χ1v) is 8.01. The molecule has 1 N–H and O–H groups in total. The normalized spacial score (nSPS) is 10.3. The number of methoxy groups -OCH3 is 3. The number of nitrogens with zero attached hydrogens (tertiary/aromatic N) is 3. The second-order valence-electron chi connectivity index (χ2n) is 5.39. The van der Waals surface area contributed by atoms with Crippen molar-refractivity contribution in [1.29, 1.82) is 0 Å². The van der Waals surface area contributed by atoms with Crippen LogP contribution in [-0.4, -0.2) is 36.3 Å². The van der Waals surface area contributed by atoms with E-state index in [1.165, 1.54) is 0 Å². The standard InChI is InChI=1S/C19H20N4O3/c1-24-16-9-13(10-17(25-2)18(16)26-3)11-22-19-21-8-6-15(23-19)14-5-4-7-20-12-14/h4-10,12H,11H2,1-3H3,(H,21,22,23). The summed E-state index contributed by atoms with van der Waals surface area (Å²) in [5, 5.41) is 3.22. The Balaban J connectivity index is 1.79. The van der Waals surface area contributed by atoms with Crippen molar-refractivity contribution >= 4 is 5.95 Å². The quantitative estimate of drug-likeness (QED) is 0.699. The van der Waals surface area contributed by atoms with Gasteiger partial charge in [-0.05, 0) is 35.9 Å². The van der Waals surface area contributed by atoms with E-state index >= 15 is 0 Å². The molecule has 1 aromatic carbocycles. The zero-order valence-corrected chi connectivity index (χ0v) is 14.9. The molecule has 26 heavy (non-hydrogen) atoms. The van der Waals surface area contributed by atoms with Gasteiger partial charge in [0.05, 0.1) is 27.0 Å². The van der Waals surface area contributed by atoms with Crippen LogP contribution in [0.5, 0.6) is 17.2 Å². The summed E-state index contributed by atoms with van der Waals surface area (Å²) in [6.07, 6.45) is 5.21. The van der Waals surface area contributed by atoms with Crippen LogP contribution in [0.3, 0.4) is 0 Å². The molecule has 134 valence electrons. The van der Waals surface area contributed by atoms with Crippen molar-refractivity contribution in [3.63, 3.8) is 0 Å². The van der Waals surface area contributed by atoms with Gasteiger partial charge >= 0.3 is 0 Å². The third-order valence-electron chi connectivity index (χ3n) is 3.79. The molecule has 0 saturated heterocycles. The highest BCUT2D eigenvalue weighted by atomic mass is 16.5. The highest BCUT2D eigenvalue weighted by molar-refractivity contribution is 5.58. The minimum Gasteiger partial charge on any atom is -0.493 e. The van der Waals surface area contributed by atoms with Crippen LogP contribution in [-0.2, 0) is 6.54 Å². The minimum absolute atomic E-state index is 0.507. The Labute approximate surface area is 152 Å². The molecule has 0 fully saturated rings. The molecule has 0 aliphatic carbocycles. The van der Waals surface area contributed by atoms with Gasteiger partial charge in [-0.25, -0.2) is 9.97 Å². The van der Waals surface area contributed by atoms with Crippen molar-refractivity contribution in [3.8, 4) is 28.5 Å². The molecule has 0 aliphatic heterocycles. The van der Waals surface area contributed by atoms with Crippen LogP contribution in [0.15, 0.2) is 48.9 Å². The molecule has 0 aliphatic rings. The molecule has 2 aromatic heterocycles. The summed E-state index contributed by atoms with van der Waals surface area (Å²) >= 11 is 0. The average molecular weight is 352 g/mol. The average Bonchev–Trinajstić information content (AvgIpc) is 2.72. The van der Waals surface area contributed by atoms with Crippen molar-refractivity contribution in [2.24, 2.45) is 0 Å². The van der Waals surface area contributed by atoms with Gasteiger partial charge in [-0.1, -0.05) is 0 Å². The maximum atomic E-state index is 5.38. The number of ether oxygens (including phenoxy) is 3. The molecule has 0 saturated carbocycles. The fraction of sp³-hybridized carbons (Fsp3) is 0.211. The van der Waals surface area contributed by atoms with Crippen LogP contribution < -0.4 is 19.5 Å². The third kappa shape index (κ3) is 3.83. The Kier molecular flexibility index (Phi) is 5.48. The second-order valence-corrected chi connectivity index (χ2v) is 5.39. The molecule has 0 bridgehead atoms. The SMILES string of the molecule is COc1cc(CNc2nccc(-c3cccnc3)n2)cc(OC)c1OC. The fourth-order valence-electron chi connectivity index (χ4n) is 2.54. The first kappa shape index (κ1) is 17.5. The molecule has 0 atom stereocenters. The van der Waals surface area contributed by atoms with Gasteiger partial charge in [-0.3, -0.25) is 4.98 Å². The second kappa shape index (κ2) is 8.15. The summed E-state index contributed by atoms with van der Waals surface area (Å²) in [7, 11) is 4.76. The zero-order valence-electron chi connectivity index (χ0n) is 14.9. The van der Waals surface area contributed by atoms with Gasteiger partial charge in [-0.15, -0.1) is 0 Å². The van der Waals surface area contributed by atoms with Crippen LogP contribution in [0, 0.1) is 0 Å². The monoisotopic (exact) mass is 352 g/mol. The first-order valence-electron chi connectivity index (χ1n) is 8.01. The van der Waals surface area contributed by atoms with Gasteiger partial charge in [0.2, 0.25) is 11.7 Å². The van der Waals surface area contributed by atoms with Gasteiger partial charge in [0.25, 0.3) is 0 Å². The van der Waals surface area contributed by atoms with Crippen LogP contribution in [0.2, 0.25) is 0 Å². The maximum Gasteiger partial charge on any atom is 0.223 e. The van der Waals surface area contributed by atoms with E-state index in [1.54, 1.807) is 39.9 Å². The van der Waals surface area contributed by atoms with Crippen molar-refractivity contribution in [1.82, 2.24) is 15.0 Å². The van der Waals surface area contributed by atoms with E-state index in [0.717, 1.165) is 16.8 Å². The van der Waals surface area contributed by atoms with E-state index in [1.807, 2.05) is 30.3 Å². The molecular weight excluding hydrogens is 332 g/mol. The lowest BCUT2D eigenvalue weighted by Crippen LogP contribution is -2.05. The molecular formula is C19H20N4O3. The summed E-state index contributed by atoms with van der Waals surface area (Å²) in [6.45, 7) is 0.507. The van der Waals surface area contributed by atoms with Gasteiger partial charge in [0.1, 0.15) is 0 Å². The highest BCUT2D eigenvalue weighted by Gasteiger charge is 2.13. The Morgan fingerprint density at radius 3 is 2.35 bits per heavy atom. The summed E-state index contributed by atoms with van der Waals surface area (Å²) in [4.78, 5) is 12.9. The van der Waals surface area contributed by atoms with E-state index in [2.05, 4.69) is 20.3 Å². The molecule has 7 heteroatoms.